The lowest BCUT2D eigenvalue weighted by atomic mass is 9.75. The van der Waals surface area contributed by atoms with Crippen molar-refractivity contribution in [2.45, 2.75) is 31.3 Å². The number of hydrogen-bond donors (Lipinski definition) is 0. The highest BCUT2D eigenvalue weighted by atomic mass is 35.5. The predicted octanol–water partition coefficient (Wildman–Crippen LogP) is 3.41. The number of likely N-dealkylation sites (N-methyl/N-ethyl adjacent to an activating group) is 1. The molecule has 3 heterocycles. The van der Waals surface area contributed by atoms with E-state index < -0.39 is 5.54 Å². The maximum absolute atomic E-state index is 13.6. The van der Waals surface area contributed by atoms with E-state index in [2.05, 4.69) is 46.1 Å². The Morgan fingerprint density at radius 1 is 1.15 bits per heavy atom. The summed E-state index contributed by atoms with van der Waals surface area (Å²) in [4.78, 5) is 26.0. The second-order valence-corrected chi connectivity index (χ2v) is 9.80. The van der Waals surface area contributed by atoms with Crippen LogP contribution in [0.4, 0.5) is 11.4 Å². The molecule has 7 nitrogen and oxygen atoms in total. The molecule has 5 rings (SSSR count). The van der Waals surface area contributed by atoms with E-state index in [4.69, 9.17) is 29.1 Å². The highest BCUT2D eigenvalue weighted by Gasteiger charge is 2.59. The van der Waals surface area contributed by atoms with Gasteiger partial charge in [-0.25, -0.2) is 4.98 Å². The Morgan fingerprint density at radius 2 is 1.85 bits per heavy atom. The molecule has 1 saturated carbocycles. The molecule has 1 amide bonds. The maximum atomic E-state index is 13.6. The summed E-state index contributed by atoms with van der Waals surface area (Å²) in [6.07, 6.45) is 3.97. The van der Waals surface area contributed by atoms with Crippen molar-refractivity contribution in [3.05, 3.63) is 52.8 Å². The lowest BCUT2D eigenvalue weighted by molar-refractivity contribution is -0.123. The Morgan fingerprint density at radius 3 is 2.42 bits per heavy atom. The molecule has 170 valence electrons. The van der Waals surface area contributed by atoms with Crippen LogP contribution in [-0.2, 0) is 11.3 Å². The second kappa shape index (κ2) is 8.65. The van der Waals surface area contributed by atoms with Crippen LogP contribution in [0.5, 0.6) is 0 Å². The molecule has 3 aliphatic rings. The Balaban J connectivity index is 1.40. The number of anilines is 2. The highest BCUT2D eigenvalue weighted by Crippen LogP contribution is 2.47. The van der Waals surface area contributed by atoms with Gasteiger partial charge in [0.1, 0.15) is 11.6 Å². The number of nitrogens with zero attached hydrogens (tertiary/aromatic N) is 6. The van der Waals surface area contributed by atoms with Crippen LogP contribution in [0.15, 0.2) is 36.5 Å². The van der Waals surface area contributed by atoms with Crippen molar-refractivity contribution in [3.63, 3.8) is 0 Å². The number of halogens is 1. The lowest BCUT2D eigenvalue weighted by Gasteiger charge is -2.43. The first-order valence-corrected chi connectivity index (χ1v) is 12.0. The summed E-state index contributed by atoms with van der Waals surface area (Å²) in [5.74, 6) is -0.0529. The summed E-state index contributed by atoms with van der Waals surface area (Å²) in [6, 6.07) is 11.9. The monoisotopic (exact) mass is 480 g/mol. The maximum Gasteiger partial charge on any atom is 0.259 e. The molecule has 0 unspecified atom stereocenters. The molecular formula is C24H25ClN6OS. The fraction of sp³-hybridized carbons (Fsp3) is 0.417. The zero-order valence-corrected chi connectivity index (χ0v) is 20.1. The van der Waals surface area contributed by atoms with E-state index in [-0.39, 0.29) is 16.6 Å². The molecule has 33 heavy (non-hydrogen) atoms. The molecule has 1 aromatic heterocycles. The highest BCUT2D eigenvalue weighted by molar-refractivity contribution is 7.81. The summed E-state index contributed by atoms with van der Waals surface area (Å²) >= 11 is 12.0. The number of carbonyl (C=O) groups excluding carboxylic acids is 1. The van der Waals surface area contributed by atoms with E-state index in [1.54, 1.807) is 6.07 Å². The summed E-state index contributed by atoms with van der Waals surface area (Å²) in [7, 11) is 2.16. The fourth-order valence-corrected chi connectivity index (χ4v) is 5.53. The molecule has 0 bridgehead atoms. The largest absolute Gasteiger partial charge is 0.304 e. The van der Waals surface area contributed by atoms with Crippen LogP contribution in [0, 0.1) is 11.3 Å². The van der Waals surface area contributed by atoms with Crippen molar-refractivity contribution in [1.82, 2.24) is 14.8 Å². The van der Waals surface area contributed by atoms with Crippen LogP contribution in [0.3, 0.4) is 0 Å². The first-order chi connectivity index (χ1) is 15.9. The standard InChI is InChI=1S/C24H25ClN6OS/c1-28-9-11-29(12-10-28)16-17-3-5-18(6-4-17)31-23(33)30(22(32)24(31)7-2-8-24)19-13-20(25)21(14-26)27-15-19/h3-6,13,15H,2,7-12,16H2,1H3. The lowest BCUT2D eigenvalue weighted by Crippen LogP contribution is -2.55. The number of piperazine rings is 1. The van der Waals surface area contributed by atoms with Gasteiger partial charge in [-0.15, -0.1) is 0 Å². The van der Waals surface area contributed by atoms with Gasteiger partial charge >= 0.3 is 0 Å². The number of amides is 1. The SMILES string of the molecule is CN1CCN(Cc2ccc(N3C(=S)N(c4cnc(C#N)c(Cl)c4)C(=O)C34CCC4)cc2)CC1. The minimum absolute atomic E-state index is 0.0529. The van der Waals surface area contributed by atoms with Gasteiger partial charge in [-0.2, -0.15) is 5.26 Å². The second-order valence-electron chi connectivity index (χ2n) is 9.03. The Kier molecular flexibility index (Phi) is 5.83. The number of carbonyl (C=O) groups is 1. The minimum atomic E-state index is -0.656. The number of hydrogen-bond acceptors (Lipinski definition) is 6. The molecule has 1 spiro atoms. The van der Waals surface area contributed by atoms with Crippen LogP contribution in [-0.4, -0.2) is 64.6 Å². The summed E-state index contributed by atoms with van der Waals surface area (Å²) in [5.41, 5.74) is 2.14. The molecule has 9 heteroatoms. The Labute approximate surface area is 204 Å². The Hall–Kier alpha value is -2.57. The topological polar surface area (TPSA) is 66.7 Å². The quantitative estimate of drug-likeness (QED) is 0.621. The molecule has 1 aliphatic carbocycles. The van der Waals surface area contributed by atoms with Crippen molar-refractivity contribution in [2.24, 2.45) is 0 Å². The molecule has 2 saturated heterocycles. The smallest absolute Gasteiger partial charge is 0.259 e. The van der Waals surface area contributed by atoms with Crippen molar-refractivity contribution in [1.29, 1.82) is 5.26 Å². The molecule has 2 aliphatic heterocycles. The van der Waals surface area contributed by atoms with Crippen LogP contribution in [0.2, 0.25) is 5.02 Å². The molecule has 0 N–H and O–H groups in total. The van der Waals surface area contributed by atoms with Gasteiger partial charge in [0.2, 0.25) is 0 Å². The average molecular weight is 481 g/mol. The van der Waals surface area contributed by atoms with Crippen molar-refractivity contribution in [2.75, 3.05) is 43.0 Å². The number of pyridine rings is 1. The van der Waals surface area contributed by atoms with Gasteiger partial charge < -0.3 is 9.80 Å². The van der Waals surface area contributed by atoms with E-state index in [0.717, 1.165) is 57.7 Å². The molecular weight excluding hydrogens is 456 g/mol. The third kappa shape index (κ3) is 3.79. The van der Waals surface area contributed by atoms with Crippen LogP contribution < -0.4 is 9.80 Å². The van der Waals surface area contributed by atoms with Crippen molar-refractivity contribution >= 4 is 46.2 Å². The van der Waals surface area contributed by atoms with E-state index >= 15 is 0 Å². The number of thiocarbonyl (C=S) groups is 1. The summed E-state index contributed by atoms with van der Waals surface area (Å²) in [5, 5.41) is 9.75. The van der Waals surface area contributed by atoms with Crippen LogP contribution in [0.1, 0.15) is 30.5 Å². The minimum Gasteiger partial charge on any atom is -0.304 e. The zero-order chi connectivity index (χ0) is 23.2. The number of aromatic nitrogens is 1. The number of benzene rings is 1. The van der Waals surface area contributed by atoms with E-state index in [0.29, 0.717) is 10.8 Å². The number of rotatable bonds is 4. The molecule has 1 aromatic carbocycles. The zero-order valence-electron chi connectivity index (χ0n) is 18.5. The third-order valence-electron chi connectivity index (χ3n) is 6.98. The van der Waals surface area contributed by atoms with Gasteiger partial charge in [-0.1, -0.05) is 23.7 Å². The molecule has 2 aromatic rings. The van der Waals surface area contributed by atoms with Crippen molar-refractivity contribution in [3.8, 4) is 6.07 Å². The predicted molar refractivity (Wildman–Crippen MR) is 132 cm³/mol. The summed E-state index contributed by atoms with van der Waals surface area (Å²) < 4.78 is 0. The van der Waals surface area contributed by atoms with E-state index in [9.17, 15) is 4.79 Å². The normalized spacial score (nSPS) is 20.9. The molecule has 0 atom stereocenters. The van der Waals surface area contributed by atoms with E-state index in [1.165, 1.54) is 16.7 Å². The van der Waals surface area contributed by atoms with Gasteiger partial charge in [0.25, 0.3) is 5.91 Å². The average Bonchev–Trinajstić information content (AvgIpc) is 3.02. The van der Waals surface area contributed by atoms with Crippen molar-refractivity contribution < 1.29 is 4.79 Å². The Bertz CT molecular complexity index is 1130. The summed E-state index contributed by atoms with van der Waals surface area (Å²) in [6.45, 7) is 5.25. The number of nitriles is 1. The van der Waals surface area contributed by atoms with E-state index in [1.807, 2.05) is 11.0 Å². The first kappa shape index (κ1) is 22.2. The fourth-order valence-electron chi connectivity index (χ4n) is 4.86. The van der Waals surface area contributed by atoms with Gasteiger partial charge in [0.05, 0.1) is 16.9 Å². The molecule has 3 fully saturated rings. The van der Waals surface area contributed by atoms with Gasteiger partial charge in [0, 0.05) is 38.4 Å². The van der Waals surface area contributed by atoms with Crippen LogP contribution >= 0.6 is 23.8 Å². The molecule has 0 radical (unpaired) electrons. The first-order valence-electron chi connectivity index (χ1n) is 11.2. The van der Waals surface area contributed by atoms with Gasteiger partial charge in [-0.05, 0) is 62.3 Å². The van der Waals surface area contributed by atoms with Gasteiger partial charge in [-0.3, -0.25) is 14.6 Å². The van der Waals surface area contributed by atoms with Crippen LogP contribution in [0.25, 0.3) is 0 Å². The van der Waals surface area contributed by atoms with Gasteiger partial charge in [0.15, 0.2) is 10.8 Å². The third-order valence-corrected chi connectivity index (χ3v) is 7.63.